The lowest BCUT2D eigenvalue weighted by atomic mass is 9.99. The van der Waals surface area contributed by atoms with Crippen LogP contribution in [0.1, 0.15) is 25.5 Å². The maximum atomic E-state index is 10.6. The molecule has 1 aliphatic rings. The van der Waals surface area contributed by atoms with E-state index in [9.17, 15) is 5.11 Å². The van der Waals surface area contributed by atoms with Gasteiger partial charge in [0.25, 0.3) is 0 Å². The van der Waals surface area contributed by atoms with Crippen molar-refractivity contribution in [1.29, 1.82) is 0 Å². The van der Waals surface area contributed by atoms with Gasteiger partial charge in [0.05, 0.1) is 12.1 Å². The number of aliphatic hydroxyl groups excluding tert-OH is 1. The van der Waals surface area contributed by atoms with Crippen molar-refractivity contribution in [2.24, 2.45) is 0 Å². The molecule has 1 aromatic carbocycles. The largest absolute Gasteiger partial charge is 0.389 e. The fraction of sp³-hybridized carbons (Fsp3) is 0.333. The van der Waals surface area contributed by atoms with Gasteiger partial charge in [0.15, 0.2) is 0 Å². The van der Waals surface area contributed by atoms with E-state index >= 15 is 0 Å². The van der Waals surface area contributed by atoms with Gasteiger partial charge in [-0.05, 0) is 24.3 Å². The molecule has 3 nitrogen and oxygen atoms in total. The molecule has 0 aromatic heterocycles. The summed E-state index contributed by atoms with van der Waals surface area (Å²) in [5, 5.41) is 13.7. The van der Waals surface area contributed by atoms with E-state index in [2.05, 4.69) is 35.0 Å². The standard InChI is InChI=1S/C19H24N2O.C2H6/c1-16-9-5-4-8-13-21(14-12-16)19(18(22)15-20-2)17-10-6-3-7-11-17;1-2/h3-12,14,18-20,22H,1,13,15H2,2H3;1-2H3/b8-4-,9-5-,14-12-;/t18-,19+;/m1./s1. The SMILES string of the molecule is C=C1/C=C\C=C/CN([C@@H](c2ccccc2)[C@H](O)CNC)/C=C\1.CC. The molecule has 24 heavy (non-hydrogen) atoms. The Labute approximate surface area is 146 Å². The van der Waals surface area contributed by atoms with Crippen LogP contribution in [0.25, 0.3) is 0 Å². The zero-order valence-corrected chi connectivity index (χ0v) is 15.0. The number of aliphatic hydroxyl groups is 1. The molecule has 0 saturated heterocycles. The molecule has 130 valence electrons. The second-order valence-electron chi connectivity index (χ2n) is 5.36. The molecule has 0 bridgehead atoms. The summed E-state index contributed by atoms with van der Waals surface area (Å²) in [5.41, 5.74) is 2.03. The summed E-state index contributed by atoms with van der Waals surface area (Å²) in [6.07, 6.45) is 11.5. The Morgan fingerprint density at radius 1 is 1.17 bits per heavy atom. The molecule has 2 atom stereocenters. The first-order valence-electron chi connectivity index (χ1n) is 8.56. The molecule has 0 spiro atoms. The van der Waals surface area contributed by atoms with Crippen molar-refractivity contribution in [3.05, 3.63) is 84.6 Å². The van der Waals surface area contributed by atoms with Gasteiger partial charge in [0.1, 0.15) is 0 Å². The van der Waals surface area contributed by atoms with E-state index in [1.165, 1.54) is 0 Å². The summed E-state index contributed by atoms with van der Waals surface area (Å²) in [5.74, 6) is 0. The van der Waals surface area contributed by atoms with Crippen LogP contribution in [0.2, 0.25) is 0 Å². The summed E-state index contributed by atoms with van der Waals surface area (Å²) in [6.45, 7) is 9.26. The summed E-state index contributed by atoms with van der Waals surface area (Å²) < 4.78 is 0. The molecule has 0 radical (unpaired) electrons. The van der Waals surface area contributed by atoms with Crippen LogP contribution in [-0.2, 0) is 0 Å². The highest BCUT2D eigenvalue weighted by Gasteiger charge is 2.24. The molecule has 2 rings (SSSR count). The first-order chi connectivity index (χ1) is 11.7. The van der Waals surface area contributed by atoms with Gasteiger partial charge in [-0.3, -0.25) is 0 Å². The number of rotatable bonds is 5. The third-order valence-corrected chi connectivity index (χ3v) is 3.63. The second-order valence-corrected chi connectivity index (χ2v) is 5.36. The highest BCUT2D eigenvalue weighted by Crippen LogP contribution is 2.25. The number of benzene rings is 1. The van der Waals surface area contributed by atoms with Crippen molar-refractivity contribution >= 4 is 0 Å². The third-order valence-electron chi connectivity index (χ3n) is 3.63. The van der Waals surface area contributed by atoms with Crippen molar-refractivity contribution in [3.8, 4) is 0 Å². The van der Waals surface area contributed by atoms with Gasteiger partial charge in [-0.2, -0.15) is 0 Å². The number of nitrogens with one attached hydrogen (secondary N) is 1. The van der Waals surface area contributed by atoms with Crippen LogP contribution in [0.3, 0.4) is 0 Å². The minimum Gasteiger partial charge on any atom is -0.389 e. The smallest absolute Gasteiger partial charge is 0.0909 e. The van der Waals surface area contributed by atoms with Crippen LogP contribution in [0.5, 0.6) is 0 Å². The normalized spacial score (nSPS) is 20.5. The Kier molecular flexibility index (Phi) is 9.51. The molecule has 1 aromatic rings. The van der Waals surface area contributed by atoms with Crippen LogP contribution in [0, 0.1) is 0 Å². The molecular weight excluding hydrogens is 296 g/mol. The summed E-state index contributed by atoms with van der Waals surface area (Å²) in [7, 11) is 1.85. The Bertz CT molecular complexity index is 560. The number of hydrogen-bond acceptors (Lipinski definition) is 3. The predicted molar refractivity (Wildman–Crippen MR) is 104 cm³/mol. The average Bonchev–Trinajstić information content (AvgIpc) is 2.71. The topological polar surface area (TPSA) is 35.5 Å². The molecule has 0 fully saturated rings. The molecule has 0 amide bonds. The van der Waals surface area contributed by atoms with Gasteiger partial charge in [-0.1, -0.05) is 75.1 Å². The number of allylic oxidation sites excluding steroid dienone is 5. The summed E-state index contributed by atoms with van der Waals surface area (Å²) in [6, 6.07) is 10.0. The Hall–Kier alpha value is -2.10. The van der Waals surface area contributed by atoms with Crippen molar-refractivity contribution in [3.63, 3.8) is 0 Å². The Balaban J connectivity index is 0.00000139. The van der Waals surface area contributed by atoms with Gasteiger partial charge in [-0.25, -0.2) is 0 Å². The maximum absolute atomic E-state index is 10.6. The quantitative estimate of drug-likeness (QED) is 0.863. The van der Waals surface area contributed by atoms with E-state index in [-0.39, 0.29) is 6.04 Å². The Morgan fingerprint density at radius 2 is 1.88 bits per heavy atom. The molecule has 3 heteroatoms. The monoisotopic (exact) mass is 326 g/mol. The lowest BCUT2D eigenvalue weighted by molar-refractivity contribution is 0.0796. The lowest BCUT2D eigenvalue weighted by Crippen LogP contribution is -2.38. The van der Waals surface area contributed by atoms with E-state index in [1.54, 1.807) is 0 Å². The van der Waals surface area contributed by atoms with Crippen LogP contribution in [-0.4, -0.2) is 36.2 Å². The highest BCUT2D eigenvalue weighted by atomic mass is 16.3. The first kappa shape index (κ1) is 19.9. The van der Waals surface area contributed by atoms with E-state index in [4.69, 9.17) is 0 Å². The van der Waals surface area contributed by atoms with Crippen LogP contribution >= 0.6 is 0 Å². The zero-order chi connectivity index (χ0) is 17.8. The van der Waals surface area contributed by atoms with E-state index in [1.807, 2.05) is 69.6 Å². The summed E-state index contributed by atoms with van der Waals surface area (Å²) in [4.78, 5) is 2.14. The van der Waals surface area contributed by atoms with Gasteiger partial charge in [-0.15, -0.1) is 0 Å². The van der Waals surface area contributed by atoms with Crippen molar-refractivity contribution in [2.45, 2.75) is 26.0 Å². The average molecular weight is 326 g/mol. The third kappa shape index (κ3) is 6.19. The second kappa shape index (κ2) is 11.4. The van der Waals surface area contributed by atoms with Crippen molar-refractivity contribution in [1.82, 2.24) is 10.2 Å². The highest BCUT2D eigenvalue weighted by molar-refractivity contribution is 5.31. The lowest BCUT2D eigenvalue weighted by Gasteiger charge is -2.34. The van der Waals surface area contributed by atoms with Crippen molar-refractivity contribution in [2.75, 3.05) is 20.1 Å². The van der Waals surface area contributed by atoms with Crippen molar-refractivity contribution < 1.29 is 5.11 Å². The predicted octanol–water partition coefficient (Wildman–Crippen LogP) is 3.83. The van der Waals surface area contributed by atoms with Gasteiger partial charge >= 0.3 is 0 Å². The van der Waals surface area contributed by atoms with Gasteiger partial charge in [0.2, 0.25) is 0 Å². The van der Waals surface area contributed by atoms with Gasteiger partial charge < -0.3 is 15.3 Å². The molecule has 0 saturated carbocycles. The minimum atomic E-state index is -0.507. The maximum Gasteiger partial charge on any atom is 0.0909 e. The molecule has 1 aliphatic heterocycles. The number of likely N-dealkylation sites (N-methyl/N-ethyl adjacent to an activating group) is 1. The molecular formula is C21H30N2O. The number of hydrogen-bond donors (Lipinski definition) is 2. The van der Waals surface area contributed by atoms with E-state index < -0.39 is 6.10 Å². The zero-order valence-electron chi connectivity index (χ0n) is 15.0. The van der Waals surface area contributed by atoms with Crippen LogP contribution in [0.15, 0.2) is 79.1 Å². The minimum absolute atomic E-state index is 0.111. The van der Waals surface area contributed by atoms with Gasteiger partial charge in [0, 0.05) is 19.3 Å². The first-order valence-corrected chi connectivity index (χ1v) is 8.56. The molecule has 2 N–H and O–H groups in total. The molecule has 0 aliphatic carbocycles. The fourth-order valence-electron chi connectivity index (χ4n) is 2.56. The Morgan fingerprint density at radius 3 is 2.54 bits per heavy atom. The molecule has 1 heterocycles. The van der Waals surface area contributed by atoms with Crippen LogP contribution < -0.4 is 5.32 Å². The summed E-state index contributed by atoms with van der Waals surface area (Å²) >= 11 is 0. The molecule has 0 unspecified atom stereocenters. The van der Waals surface area contributed by atoms with E-state index in [0.29, 0.717) is 6.54 Å². The van der Waals surface area contributed by atoms with E-state index in [0.717, 1.165) is 17.7 Å². The van der Waals surface area contributed by atoms with Crippen LogP contribution in [0.4, 0.5) is 0 Å². The fourth-order valence-corrected chi connectivity index (χ4v) is 2.56. The number of nitrogens with zero attached hydrogens (tertiary/aromatic N) is 1.